The molecule has 30 heavy (non-hydrogen) atoms. The van der Waals surface area contributed by atoms with Gasteiger partial charge < -0.3 is 5.32 Å². The van der Waals surface area contributed by atoms with Crippen molar-refractivity contribution in [3.63, 3.8) is 0 Å². The van der Waals surface area contributed by atoms with Crippen LogP contribution < -0.4 is 5.32 Å². The molecule has 0 bridgehead atoms. The molecule has 1 fully saturated rings. The second-order valence-corrected chi connectivity index (χ2v) is 10.6. The quantitative estimate of drug-likeness (QED) is 0.761. The first-order valence-electron chi connectivity index (χ1n) is 10.6. The van der Waals surface area contributed by atoms with Crippen LogP contribution in [0.2, 0.25) is 0 Å². The molecule has 0 aliphatic carbocycles. The number of nitrogens with zero attached hydrogens (tertiary/aromatic N) is 1. The summed E-state index contributed by atoms with van der Waals surface area (Å²) in [7, 11) is -3.60. The summed E-state index contributed by atoms with van der Waals surface area (Å²) in [5.41, 5.74) is 4.47. The maximum Gasteiger partial charge on any atom is 0.252 e. The maximum absolute atomic E-state index is 13.1. The zero-order valence-electron chi connectivity index (χ0n) is 18.5. The predicted molar refractivity (Wildman–Crippen MR) is 120 cm³/mol. The lowest BCUT2D eigenvalue weighted by Crippen LogP contribution is -2.38. The molecule has 3 rings (SSSR count). The Balaban J connectivity index is 1.84. The number of carbonyl (C=O) groups is 1. The molecule has 1 aliphatic heterocycles. The normalized spacial score (nSPS) is 17.0. The van der Waals surface area contributed by atoms with Gasteiger partial charge >= 0.3 is 0 Å². The van der Waals surface area contributed by atoms with Crippen LogP contribution in [0.3, 0.4) is 0 Å². The van der Waals surface area contributed by atoms with Gasteiger partial charge in [-0.05, 0) is 75.3 Å². The first-order chi connectivity index (χ1) is 14.1. The van der Waals surface area contributed by atoms with E-state index in [1.165, 1.54) is 10.4 Å². The first-order valence-corrected chi connectivity index (χ1v) is 12.0. The lowest BCUT2D eigenvalue weighted by Gasteiger charge is -2.29. The van der Waals surface area contributed by atoms with Crippen LogP contribution in [0.25, 0.3) is 0 Å². The Labute approximate surface area is 180 Å². The number of amides is 1. The molecule has 1 N–H and O–H groups in total. The van der Waals surface area contributed by atoms with Crippen LogP contribution >= 0.6 is 0 Å². The van der Waals surface area contributed by atoms with Gasteiger partial charge in [0.15, 0.2) is 0 Å². The summed E-state index contributed by atoms with van der Waals surface area (Å²) in [6.07, 6.45) is 1.73. The fourth-order valence-corrected chi connectivity index (χ4v) is 5.46. The minimum atomic E-state index is -3.60. The van der Waals surface area contributed by atoms with Gasteiger partial charge in [-0.3, -0.25) is 4.79 Å². The van der Waals surface area contributed by atoms with Gasteiger partial charge in [0.05, 0.1) is 10.9 Å². The van der Waals surface area contributed by atoms with Gasteiger partial charge in [-0.2, -0.15) is 4.31 Å². The molecule has 6 heteroatoms. The SMILES string of the molecule is Cc1ccc(C)c([C@H](C)NC(=O)c2cc(S(=O)(=O)N3CCC(C)CC3)ccc2C)c1. The summed E-state index contributed by atoms with van der Waals surface area (Å²) in [6.45, 7) is 11.0. The second kappa shape index (κ2) is 8.90. The molecule has 0 radical (unpaired) electrons. The number of rotatable bonds is 5. The molecule has 0 spiro atoms. The molecule has 1 aliphatic rings. The fraction of sp³-hybridized carbons (Fsp3) is 0.458. The van der Waals surface area contributed by atoms with Crippen LogP contribution in [0.1, 0.15) is 65.3 Å². The Morgan fingerprint density at radius 1 is 1.03 bits per heavy atom. The van der Waals surface area contributed by atoms with E-state index in [9.17, 15) is 13.2 Å². The van der Waals surface area contributed by atoms with E-state index in [4.69, 9.17) is 0 Å². The average Bonchev–Trinajstić information content (AvgIpc) is 2.70. The molecule has 1 atom stereocenters. The number of benzene rings is 2. The lowest BCUT2D eigenvalue weighted by atomic mass is 9.99. The Morgan fingerprint density at radius 3 is 2.33 bits per heavy atom. The molecule has 162 valence electrons. The van der Waals surface area contributed by atoms with E-state index in [-0.39, 0.29) is 16.8 Å². The Morgan fingerprint density at radius 2 is 1.67 bits per heavy atom. The Hall–Kier alpha value is -2.18. The van der Waals surface area contributed by atoms with Gasteiger partial charge in [-0.1, -0.05) is 36.8 Å². The highest BCUT2D eigenvalue weighted by atomic mass is 32.2. The Kier molecular flexibility index (Phi) is 6.68. The molecule has 0 saturated carbocycles. The summed E-state index contributed by atoms with van der Waals surface area (Å²) in [6, 6.07) is 10.8. The molecule has 2 aromatic rings. The van der Waals surface area contributed by atoms with E-state index in [2.05, 4.69) is 18.3 Å². The van der Waals surface area contributed by atoms with Gasteiger partial charge in [0.2, 0.25) is 10.0 Å². The van der Waals surface area contributed by atoms with E-state index >= 15 is 0 Å². The highest BCUT2D eigenvalue weighted by molar-refractivity contribution is 7.89. The second-order valence-electron chi connectivity index (χ2n) is 8.62. The number of sulfonamides is 1. The van der Waals surface area contributed by atoms with Gasteiger partial charge in [-0.15, -0.1) is 0 Å². The number of hydrogen-bond acceptors (Lipinski definition) is 3. The van der Waals surface area contributed by atoms with Crippen LogP contribution in [0.15, 0.2) is 41.3 Å². The number of carbonyl (C=O) groups excluding carboxylic acids is 1. The van der Waals surface area contributed by atoms with Crippen molar-refractivity contribution in [2.45, 2.75) is 58.4 Å². The molecule has 0 unspecified atom stereocenters. The van der Waals surface area contributed by atoms with Crippen molar-refractivity contribution in [2.24, 2.45) is 5.92 Å². The van der Waals surface area contributed by atoms with Crippen molar-refractivity contribution >= 4 is 15.9 Å². The van der Waals surface area contributed by atoms with Gasteiger partial charge in [0, 0.05) is 18.7 Å². The summed E-state index contributed by atoms with van der Waals surface area (Å²) >= 11 is 0. The van der Waals surface area contributed by atoms with Crippen LogP contribution in [-0.2, 0) is 10.0 Å². The average molecular weight is 429 g/mol. The van der Waals surface area contributed by atoms with E-state index in [0.717, 1.165) is 35.1 Å². The van der Waals surface area contributed by atoms with Gasteiger partial charge in [-0.25, -0.2) is 8.42 Å². The van der Waals surface area contributed by atoms with E-state index in [1.807, 2.05) is 39.8 Å². The van der Waals surface area contributed by atoms with Crippen molar-refractivity contribution in [1.82, 2.24) is 9.62 Å². The molecule has 2 aromatic carbocycles. The fourth-order valence-electron chi connectivity index (χ4n) is 3.96. The van der Waals surface area contributed by atoms with Crippen molar-refractivity contribution in [2.75, 3.05) is 13.1 Å². The predicted octanol–water partition coefficient (Wildman–Crippen LogP) is 4.52. The molecular weight excluding hydrogens is 396 g/mol. The van der Waals surface area contributed by atoms with Gasteiger partial charge in [0.1, 0.15) is 0 Å². The summed E-state index contributed by atoms with van der Waals surface area (Å²) in [4.78, 5) is 13.2. The van der Waals surface area contributed by atoms with Crippen LogP contribution in [0.4, 0.5) is 0 Å². The largest absolute Gasteiger partial charge is 0.345 e. The van der Waals surface area contributed by atoms with Crippen molar-refractivity contribution in [1.29, 1.82) is 0 Å². The molecule has 1 saturated heterocycles. The molecule has 5 nitrogen and oxygen atoms in total. The van der Waals surface area contributed by atoms with E-state index in [1.54, 1.807) is 12.1 Å². The topological polar surface area (TPSA) is 66.5 Å². The van der Waals surface area contributed by atoms with Crippen LogP contribution in [-0.4, -0.2) is 31.7 Å². The number of nitrogens with one attached hydrogen (secondary N) is 1. The third-order valence-corrected chi connectivity index (χ3v) is 7.98. The maximum atomic E-state index is 13.1. The molecule has 1 heterocycles. The Bertz CT molecular complexity index is 1040. The molecule has 1 amide bonds. The highest BCUT2D eigenvalue weighted by Gasteiger charge is 2.29. The first kappa shape index (κ1) is 22.5. The zero-order chi connectivity index (χ0) is 22.1. The van der Waals surface area contributed by atoms with E-state index in [0.29, 0.717) is 24.6 Å². The van der Waals surface area contributed by atoms with Crippen LogP contribution in [0, 0.1) is 26.7 Å². The van der Waals surface area contributed by atoms with Gasteiger partial charge in [0.25, 0.3) is 5.91 Å². The lowest BCUT2D eigenvalue weighted by molar-refractivity contribution is 0.0939. The van der Waals surface area contributed by atoms with Crippen LogP contribution in [0.5, 0.6) is 0 Å². The van der Waals surface area contributed by atoms with Crippen molar-refractivity contribution in [3.05, 3.63) is 64.2 Å². The monoisotopic (exact) mass is 428 g/mol. The minimum absolute atomic E-state index is 0.180. The zero-order valence-corrected chi connectivity index (χ0v) is 19.3. The van der Waals surface area contributed by atoms with Crippen molar-refractivity contribution < 1.29 is 13.2 Å². The summed E-state index contributed by atoms with van der Waals surface area (Å²) in [5, 5.41) is 3.04. The standard InChI is InChI=1S/C24H32N2O3S/c1-16-10-12-26(13-11-16)30(28,29)21-9-8-19(4)23(15-21)24(27)25-20(5)22-14-17(2)6-7-18(22)3/h6-9,14-16,20H,10-13H2,1-5H3,(H,25,27)/t20-/m0/s1. The smallest absolute Gasteiger partial charge is 0.252 e. The summed E-state index contributed by atoms with van der Waals surface area (Å²) in [5.74, 6) is 0.285. The van der Waals surface area contributed by atoms with E-state index < -0.39 is 10.0 Å². The number of hydrogen-bond donors (Lipinski definition) is 1. The third-order valence-electron chi connectivity index (χ3n) is 6.08. The molecule has 0 aromatic heterocycles. The molecular formula is C24H32N2O3S. The number of aryl methyl sites for hydroxylation is 3. The third kappa shape index (κ3) is 4.76. The van der Waals surface area contributed by atoms with Crippen molar-refractivity contribution in [3.8, 4) is 0 Å². The number of piperidine rings is 1. The highest BCUT2D eigenvalue weighted by Crippen LogP contribution is 2.26. The minimum Gasteiger partial charge on any atom is -0.345 e. The summed E-state index contributed by atoms with van der Waals surface area (Å²) < 4.78 is 27.7.